The molecule has 1 N–H and O–H groups in total. The van der Waals surface area contributed by atoms with Gasteiger partial charge in [-0.05, 0) is 31.7 Å². The highest BCUT2D eigenvalue weighted by Crippen LogP contribution is 2.24. The highest BCUT2D eigenvalue weighted by Gasteiger charge is 2.15. The summed E-state index contributed by atoms with van der Waals surface area (Å²) in [5, 5.41) is 7.52. The van der Waals surface area contributed by atoms with Crippen molar-refractivity contribution < 1.29 is 4.39 Å². The van der Waals surface area contributed by atoms with Crippen molar-refractivity contribution in [2.24, 2.45) is 0 Å². The minimum atomic E-state index is -0.405. The summed E-state index contributed by atoms with van der Waals surface area (Å²) in [4.78, 5) is 0. The molecule has 1 aromatic heterocycles. The molecule has 0 radical (unpaired) electrons. The third kappa shape index (κ3) is 2.54. The van der Waals surface area contributed by atoms with Crippen molar-refractivity contribution in [1.82, 2.24) is 15.1 Å². The van der Waals surface area contributed by atoms with Crippen LogP contribution in [0.1, 0.15) is 24.1 Å². The van der Waals surface area contributed by atoms with E-state index in [1.165, 1.54) is 6.07 Å². The molecule has 1 atom stereocenters. The summed E-state index contributed by atoms with van der Waals surface area (Å²) in [6.07, 6.45) is 3.74. The maximum atomic E-state index is 13.5. The summed E-state index contributed by atoms with van der Waals surface area (Å²) in [6, 6.07) is 4.75. The van der Waals surface area contributed by atoms with Crippen LogP contribution >= 0.6 is 11.6 Å². The van der Waals surface area contributed by atoms with E-state index < -0.39 is 5.82 Å². The summed E-state index contributed by atoms with van der Waals surface area (Å²) in [5.74, 6) is -0.405. The summed E-state index contributed by atoms with van der Waals surface area (Å²) in [5.41, 5.74) is 1.83. The molecule has 1 aromatic carbocycles. The van der Waals surface area contributed by atoms with Gasteiger partial charge in [-0.25, -0.2) is 4.39 Å². The largest absolute Gasteiger partial charge is 0.309 e. The molecule has 0 amide bonds. The molecule has 0 saturated carbocycles. The Morgan fingerprint density at radius 2 is 2.22 bits per heavy atom. The normalized spacial score (nSPS) is 12.7. The molecule has 0 spiro atoms. The Hall–Kier alpha value is -1.39. The van der Waals surface area contributed by atoms with E-state index in [1.807, 2.05) is 30.9 Å². The first-order chi connectivity index (χ1) is 8.65. The molecule has 18 heavy (non-hydrogen) atoms. The Morgan fingerprint density at radius 1 is 1.44 bits per heavy atom. The van der Waals surface area contributed by atoms with E-state index in [2.05, 4.69) is 10.4 Å². The minimum Gasteiger partial charge on any atom is -0.309 e. The summed E-state index contributed by atoms with van der Waals surface area (Å²) in [7, 11) is 1.83. The number of aryl methyl sites for hydroxylation is 1. The zero-order valence-electron chi connectivity index (χ0n) is 10.3. The SMILES string of the molecule is CCn1cc(C(NC)c2ccc(Cl)c(F)c2)cn1. The average Bonchev–Trinajstić information content (AvgIpc) is 2.83. The smallest absolute Gasteiger partial charge is 0.142 e. The number of benzene rings is 1. The molecule has 0 aliphatic rings. The van der Waals surface area contributed by atoms with Crippen LogP contribution in [-0.2, 0) is 6.54 Å². The molecular weight excluding hydrogens is 253 g/mol. The molecule has 0 aliphatic heterocycles. The van der Waals surface area contributed by atoms with Gasteiger partial charge in [-0.3, -0.25) is 4.68 Å². The first-order valence-electron chi connectivity index (χ1n) is 5.80. The van der Waals surface area contributed by atoms with E-state index in [0.717, 1.165) is 17.7 Å². The van der Waals surface area contributed by atoms with E-state index in [9.17, 15) is 4.39 Å². The lowest BCUT2D eigenvalue weighted by molar-refractivity contribution is 0.616. The third-order valence-electron chi connectivity index (χ3n) is 2.88. The summed E-state index contributed by atoms with van der Waals surface area (Å²) >= 11 is 5.69. The molecular formula is C13H15ClFN3. The number of hydrogen-bond acceptors (Lipinski definition) is 2. The van der Waals surface area contributed by atoms with Gasteiger partial charge in [0.1, 0.15) is 5.82 Å². The van der Waals surface area contributed by atoms with Crippen LogP contribution in [0.3, 0.4) is 0 Å². The second-order valence-corrected chi connectivity index (χ2v) is 4.43. The lowest BCUT2D eigenvalue weighted by atomic mass is 10.0. The van der Waals surface area contributed by atoms with Crippen LogP contribution < -0.4 is 5.32 Å². The zero-order valence-corrected chi connectivity index (χ0v) is 11.1. The average molecular weight is 268 g/mol. The fourth-order valence-corrected chi connectivity index (χ4v) is 2.04. The lowest BCUT2D eigenvalue weighted by Gasteiger charge is -2.15. The molecule has 2 rings (SSSR count). The standard InChI is InChI=1S/C13H15ClFN3/c1-3-18-8-10(7-17-18)13(16-2)9-4-5-11(14)12(15)6-9/h4-8,13,16H,3H2,1-2H3. The Kier molecular flexibility index (Phi) is 3.99. The second-order valence-electron chi connectivity index (χ2n) is 4.02. The minimum absolute atomic E-state index is 0.0860. The summed E-state index contributed by atoms with van der Waals surface area (Å²) < 4.78 is 15.3. The van der Waals surface area contributed by atoms with Gasteiger partial charge in [0.2, 0.25) is 0 Å². The highest BCUT2D eigenvalue weighted by atomic mass is 35.5. The molecule has 96 valence electrons. The first-order valence-corrected chi connectivity index (χ1v) is 6.18. The molecule has 0 bridgehead atoms. The topological polar surface area (TPSA) is 29.9 Å². The van der Waals surface area contributed by atoms with Gasteiger partial charge in [-0.2, -0.15) is 5.10 Å². The Balaban J connectivity index is 2.35. The van der Waals surface area contributed by atoms with Gasteiger partial charge < -0.3 is 5.32 Å². The van der Waals surface area contributed by atoms with Gasteiger partial charge in [0.25, 0.3) is 0 Å². The summed E-state index contributed by atoms with van der Waals surface area (Å²) in [6.45, 7) is 2.83. The van der Waals surface area contributed by atoms with Crippen LogP contribution in [0.2, 0.25) is 5.02 Å². The van der Waals surface area contributed by atoms with Gasteiger partial charge >= 0.3 is 0 Å². The van der Waals surface area contributed by atoms with Crippen molar-refractivity contribution >= 4 is 11.6 Å². The van der Waals surface area contributed by atoms with Crippen LogP contribution in [0.4, 0.5) is 4.39 Å². The van der Waals surface area contributed by atoms with Crippen LogP contribution in [-0.4, -0.2) is 16.8 Å². The monoisotopic (exact) mass is 267 g/mol. The van der Waals surface area contributed by atoms with Crippen molar-refractivity contribution in [3.8, 4) is 0 Å². The molecule has 0 fully saturated rings. The number of rotatable bonds is 4. The quantitative estimate of drug-likeness (QED) is 0.923. The van der Waals surface area contributed by atoms with Crippen LogP contribution in [0, 0.1) is 5.82 Å². The number of halogens is 2. The van der Waals surface area contributed by atoms with Crippen LogP contribution in [0.15, 0.2) is 30.6 Å². The van der Waals surface area contributed by atoms with Gasteiger partial charge in [-0.1, -0.05) is 17.7 Å². The van der Waals surface area contributed by atoms with Crippen molar-refractivity contribution in [3.05, 3.63) is 52.6 Å². The van der Waals surface area contributed by atoms with Gasteiger partial charge in [0.05, 0.1) is 17.3 Å². The second kappa shape index (κ2) is 5.50. The van der Waals surface area contributed by atoms with Crippen molar-refractivity contribution in [2.75, 3.05) is 7.05 Å². The Labute approximate surface area is 111 Å². The molecule has 1 heterocycles. The fourth-order valence-electron chi connectivity index (χ4n) is 1.92. The molecule has 3 nitrogen and oxygen atoms in total. The van der Waals surface area contributed by atoms with E-state index in [-0.39, 0.29) is 11.1 Å². The van der Waals surface area contributed by atoms with Crippen molar-refractivity contribution in [2.45, 2.75) is 19.5 Å². The number of nitrogens with zero attached hydrogens (tertiary/aromatic N) is 2. The fraction of sp³-hybridized carbons (Fsp3) is 0.308. The molecule has 2 aromatic rings. The molecule has 1 unspecified atom stereocenters. The molecule has 0 saturated heterocycles. The van der Waals surface area contributed by atoms with Crippen LogP contribution in [0.5, 0.6) is 0 Å². The highest BCUT2D eigenvalue weighted by molar-refractivity contribution is 6.30. The maximum Gasteiger partial charge on any atom is 0.142 e. The van der Waals surface area contributed by atoms with Gasteiger partial charge in [0, 0.05) is 18.3 Å². The maximum absolute atomic E-state index is 13.5. The predicted molar refractivity (Wildman–Crippen MR) is 70.2 cm³/mol. The zero-order chi connectivity index (χ0) is 13.1. The van der Waals surface area contributed by atoms with Crippen LogP contribution in [0.25, 0.3) is 0 Å². The lowest BCUT2D eigenvalue weighted by Crippen LogP contribution is -2.17. The Morgan fingerprint density at radius 3 is 2.78 bits per heavy atom. The van der Waals surface area contributed by atoms with Gasteiger partial charge in [0.15, 0.2) is 0 Å². The third-order valence-corrected chi connectivity index (χ3v) is 3.18. The first kappa shape index (κ1) is 13.1. The molecule has 0 aliphatic carbocycles. The predicted octanol–water partition coefficient (Wildman–Crippen LogP) is 3.00. The van der Waals surface area contributed by atoms with Gasteiger partial charge in [-0.15, -0.1) is 0 Å². The number of aromatic nitrogens is 2. The van der Waals surface area contributed by atoms with E-state index in [1.54, 1.807) is 12.3 Å². The van der Waals surface area contributed by atoms with E-state index in [0.29, 0.717) is 0 Å². The number of nitrogens with one attached hydrogen (secondary N) is 1. The van der Waals surface area contributed by atoms with Crippen molar-refractivity contribution in [1.29, 1.82) is 0 Å². The Bertz CT molecular complexity index is 539. The van der Waals surface area contributed by atoms with Crippen molar-refractivity contribution in [3.63, 3.8) is 0 Å². The van der Waals surface area contributed by atoms with E-state index >= 15 is 0 Å². The number of hydrogen-bond donors (Lipinski definition) is 1. The molecule has 5 heteroatoms. The van der Waals surface area contributed by atoms with E-state index in [4.69, 9.17) is 11.6 Å².